The molecular formula is C24H25F3N4O2. The zero-order valence-electron chi connectivity index (χ0n) is 18.5. The van der Waals surface area contributed by atoms with Crippen LogP contribution in [-0.2, 0) is 17.5 Å². The van der Waals surface area contributed by atoms with Crippen LogP contribution < -0.4 is 10.6 Å². The van der Waals surface area contributed by atoms with E-state index in [0.29, 0.717) is 23.2 Å². The maximum absolute atomic E-state index is 13.9. The highest BCUT2D eigenvalue weighted by Crippen LogP contribution is 2.34. The van der Waals surface area contributed by atoms with Crippen molar-refractivity contribution in [2.75, 3.05) is 5.32 Å². The zero-order valence-corrected chi connectivity index (χ0v) is 18.5. The van der Waals surface area contributed by atoms with Crippen molar-refractivity contribution in [3.63, 3.8) is 0 Å². The van der Waals surface area contributed by atoms with Crippen molar-refractivity contribution in [3.05, 3.63) is 77.1 Å². The molecule has 6 nitrogen and oxygen atoms in total. The molecule has 3 aromatic rings. The number of halogens is 3. The molecule has 0 aliphatic rings. The largest absolute Gasteiger partial charge is 0.434 e. The molecule has 0 bridgehead atoms. The highest BCUT2D eigenvalue weighted by Gasteiger charge is 2.40. The molecule has 0 aliphatic heterocycles. The molecule has 2 aromatic carbocycles. The summed E-state index contributed by atoms with van der Waals surface area (Å²) in [5.74, 6) is -1.17. The molecule has 0 spiro atoms. The van der Waals surface area contributed by atoms with Gasteiger partial charge in [-0.05, 0) is 42.7 Å². The first-order valence-corrected chi connectivity index (χ1v) is 10.5. The van der Waals surface area contributed by atoms with Gasteiger partial charge in [-0.15, -0.1) is 0 Å². The Bertz CT molecular complexity index is 1150. The van der Waals surface area contributed by atoms with Crippen LogP contribution in [0.2, 0.25) is 0 Å². The first-order chi connectivity index (χ1) is 15.6. The molecule has 3 rings (SSSR count). The molecule has 1 heterocycles. The number of aryl methyl sites for hydroxylation is 1. The summed E-state index contributed by atoms with van der Waals surface area (Å²) in [5.41, 5.74) is 0.319. The van der Waals surface area contributed by atoms with E-state index in [2.05, 4.69) is 15.7 Å². The summed E-state index contributed by atoms with van der Waals surface area (Å²) < 4.78 is 42.4. The van der Waals surface area contributed by atoms with Gasteiger partial charge in [0.2, 0.25) is 5.91 Å². The Morgan fingerprint density at radius 3 is 2.52 bits per heavy atom. The van der Waals surface area contributed by atoms with Crippen LogP contribution in [0.5, 0.6) is 0 Å². The number of anilines is 1. The van der Waals surface area contributed by atoms with E-state index in [9.17, 15) is 22.8 Å². The first kappa shape index (κ1) is 24.0. The van der Waals surface area contributed by atoms with Gasteiger partial charge in [0.05, 0.1) is 17.4 Å². The normalized spacial score (nSPS) is 12.3. The number of nitrogens with zero attached hydrogens (tertiary/aromatic N) is 2. The fourth-order valence-electron chi connectivity index (χ4n) is 3.26. The van der Waals surface area contributed by atoms with Crippen LogP contribution in [0.15, 0.2) is 54.7 Å². The number of benzene rings is 2. The fraction of sp³-hybridized carbons (Fsp3) is 0.292. The number of para-hydroxylation sites is 1. The van der Waals surface area contributed by atoms with Gasteiger partial charge in [-0.25, -0.2) is 4.68 Å². The third kappa shape index (κ3) is 5.60. The number of hydrogen-bond acceptors (Lipinski definition) is 3. The van der Waals surface area contributed by atoms with Gasteiger partial charge in [-0.3, -0.25) is 9.59 Å². The number of alkyl halides is 3. The van der Waals surface area contributed by atoms with Crippen molar-refractivity contribution < 1.29 is 22.8 Å². The molecule has 0 aliphatic carbocycles. The predicted octanol–water partition coefficient (Wildman–Crippen LogP) is 5.11. The van der Waals surface area contributed by atoms with Crippen LogP contribution in [0.4, 0.5) is 18.9 Å². The van der Waals surface area contributed by atoms with E-state index >= 15 is 0 Å². The quantitative estimate of drug-likeness (QED) is 0.516. The van der Waals surface area contributed by atoms with E-state index < -0.39 is 23.3 Å². The minimum atomic E-state index is -4.79. The van der Waals surface area contributed by atoms with E-state index in [-0.39, 0.29) is 24.1 Å². The highest BCUT2D eigenvalue weighted by atomic mass is 19.4. The lowest BCUT2D eigenvalue weighted by atomic mass is 10.1. The summed E-state index contributed by atoms with van der Waals surface area (Å²) in [6.45, 7) is 5.38. The zero-order chi connectivity index (χ0) is 24.2. The number of amides is 2. The monoisotopic (exact) mass is 458 g/mol. The Morgan fingerprint density at radius 2 is 1.85 bits per heavy atom. The van der Waals surface area contributed by atoms with Crippen LogP contribution in [-0.4, -0.2) is 21.6 Å². The van der Waals surface area contributed by atoms with E-state index in [4.69, 9.17) is 0 Å². The van der Waals surface area contributed by atoms with Crippen molar-refractivity contribution in [3.8, 4) is 5.69 Å². The third-order valence-corrected chi connectivity index (χ3v) is 5.33. The minimum absolute atomic E-state index is 0.0152. The van der Waals surface area contributed by atoms with Crippen LogP contribution in [0.3, 0.4) is 0 Å². The Morgan fingerprint density at radius 1 is 1.12 bits per heavy atom. The van der Waals surface area contributed by atoms with Gasteiger partial charge >= 0.3 is 6.18 Å². The topological polar surface area (TPSA) is 76.0 Å². The van der Waals surface area contributed by atoms with Crippen molar-refractivity contribution in [1.82, 2.24) is 15.1 Å². The maximum atomic E-state index is 13.9. The second-order valence-corrected chi connectivity index (χ2v) is 7.78. The molecule has 174 valence electrons. The number of carbonyl (C=O) groups excluding carboxylic acids is 2. The minimum Gasteiger partial charge on any atom is -0.348 e. The molecule has 2 amide bonds. The van der Waals surface area contributed by atoms with E-state index in [1.165, 1.54) is 6.07 Å². The van der Waals surface area contributed by atoms with Gasteiger partial charge in [0.1, 0.15) is 0 Å². The molecule has 0 saturated carbocycles. The number of aromatic nitrogens is 2. The van der Waals surface area contributed by atoms with E-state index in [1.807, 2.05) is 13.8 Å². The van der Waals surface area contributed by atoms with E-state index in [0.717, 1.165) is 10.9 Å². The molecule has 0 fully saturated rings. The summed E-state index contributed by atoms with van der Waals surface area (Å²) in [6, 6.07) is 13.3. The number of carbonyl (C=O) groups is 2. The van der Waals surface area contributed by atoms with Crippen LogP contribution in [0, 0.1) is 12.8 Å². The molecule has 0 radical (unpaired) electrons. The Labute approximate surface area is 189 Å². The van der Waals surface area contributed by atoms with Gasteiger partial charge in [0.15, 0.2) is 5.69 Å². The van der Waals surface area contributed by atoms with Gasteiger partial charge in [-0.2, -0.15) is 18.3 Å². The number of rotatable bonds is 7. The second kappa shape index (κ2) is 9.89. The molecule has 1 unspecified atom stereocenters. The third-order valence-electron chi connectivity index (χ3n) is 5.33. The average molecular weight is 458 g/mol. The predicted molar refractivity (Wildman–Crippen MR) is 119 cm³/mol. The second-order valence-electron chi connectivity index (χ2n) is 7.78. The Balaban J connectivity index is 1.80. The van der Waals surface area contributed by atoms with E-state index in [1.54, 1.807) is 49.4 Å². The van der Waals surface area contributed by atoms with Crippen molar-refractivity contribution in [1.29, 1.82) is 0 Å². The maximum Gasteiger partial charge on any atom is 0.434 e. The molecule has 9 heteroatoms. The summed E-state index contributed by atoms with van der Waals surface area (Å²) in [5, 5.41) is 9.16. The average Bonchev–Trinajstić information content (AvgIpc) is 3.23. The number of nitrogens with one attached hydrogen (secondary N) is 2. The highest BCUT2D eigenvalue weighted by molar-refractivity contribution is 5.95. The fourth-order valence-corrected chi connectivity index (χ4v) is 3.26. The van der Waals surface area contributed by atoms with Crippen molar-refractivity contribution in [2.45, 2.75) is 39.9 Å². The van der Waals surface area contributed by atoms with Gasteiger partial charge in [-0.1, -0.05) is 44.2 Å². The standard InChI is InChI=1S/C24H25F3N4O2/c1-4-15(2)22(32)30-18-10-7-9-17(12-18)13-28-23(33)19-14-29-31(21(19)24(25,26)27)20-11-6-5-8-16(20)3/h5-12,14-15H,4,13H2,1-3H3,(H,28,33)(H,30,32). The lowest BCUT2D eigenvalue weighted by Gasteiger charge is -2.14. The summed E-state index contributed by atoms with van der Waals surface area (Å²) in [7, 11) is 0. The van der Waals surface area contributed by atoms with Crippen LogP contribution in [0.25, 0.3) is 5.69 Å². The van der Waals surface area contributed by atoms with Gasteiger partial charge in [0.25, 0.3) is 5.91 Å². The molecule has 33 heavy (non-hydrogen) atoms. The van der Waals surface area contributed by atoms with Crippen molar-refractivity contribution in [2.24, 2.45) is 5.92 Å². The SMILES string of the molecule is CCC(C)C(=O)Nc1cccc(CNC(=O)c2cnn(-c3ccccc3C)c2C(F)(F)F)c1. The molecule has 1 aromatic heterocycles. The Hall–Kier alpha value is -3.62. The summed E-state index contributed by atoms with van der Waals surface area (Å²) in [4.78, 5) is 24.8. The lowest BCUT2D eigenvalue weighted by Crippen LogP contribution is -2.26. The van der Waals surface area contributed by atoms with Gasteiger partial charge in [0, 0.05) is 18.2 Å². The molecular weight excluding hydrogens is 433 g/mol. The van der Waals surface area contributed by atoms with Crippen molar-refractivity contribution >= 4 is 17.5 Å². The lowest BCUT2D eigenvalue weighted by molar-refractivity contribution is -0.143. The smallest absolute Gasteiger partial charge is 0.348 e. The molecule has 1 atom stereocenters. The van der Waals surface area contributed by atoms with Crippen LogP contribution >= 0.6 is 0 Å². The molecule has 0 saturated heterocycles. The summed E-state index contributed by atoms with van der Waals surface area (Å²) in [6.07, 6.45) is -3.17. The van der Waals surface area contributed by atoms with Gasteiger partial charge < -0.3 is 10.6 Å². The number of hydrogen-bond donors (Lipinski definition) is 2. The Kier molecular flexibility index (Phi) is 7.20. The van der Waals surface area contributed by atoms with Crippen LogP contribution in [0.1, 0.15) is 47.4 Å². The first-order valence-electron chi connectivity index (χ1n) is 10.5. The summed E-state index contributed by atoms with van der Waals surface area (Å²) >= 11 is 0. The molecule has 2 N–H and O–H groups in total.